The van der Waals surface area contributed by atoms with Gasteiger partial charge in [-0.2, -0.15) is 18.4 Å². The molecule has 1 amide bonds. The van der Waals surface area contributed by atoms with E-state index in [1.165, 1.54) is 0 Å². The highest BCUT2D eigenvalue weighted by Gasteiger charge is 2.39. The zero-order valence-corrected chi connectivity index (χ0v) is 11.8. The van der Waals surface area contributed by atoms with Crippen LogP contribution in [0.2, 0.25) is 0 Å². The topological polar surface area (TPSA) is 104 Å². The summed E-state index contributed by atoms with van der Waals surface area (Å²) in [6.45, 7) is -0.294. The molecule has 1 aliphatic rings. The minimum absolute atomic E-state index is 0.0633. The van der Waals surface area contributed by atoms with Crippen molar-refractivity contribution in [2.45, 2.75) is 17.8 Å². The van der Waals surface area contributed by atoms with Crippen LogP contribution in [0.15, 0.2) is 18.2 Å². The number of carbonyl (C=O) groups is 1. The summed E-state index contributed by atoms with van der Waals surface area (Å²) < 4.78 is 60.4. The summed E-state index contributed by atoms with van der Waals surface area (Å²) in [7, 11) is -3.95. The molecule has 0 aliphatic carbocycles. The van der Waals surface area contributed by atoms with Crippen molar-refractivity contribution in [3.8, 4) is 6.07 Å². The van der Waals surface area contributed by atoms with Crippen molar-refractivity contribution < 1.29 is 26.4 Å². The van der Waals surface area contributed by atoms with Gasteiger partial charge in [-0.05, 0) is 18.2 Å². The number of rotatable bonds is 2. The van der Waals surface area contributed by atoms with Crippen LogP contribution in [0.4, 0.5) is 18.9 Å². The Kier molecular flexibility index (Phi) is 3.88. The molecule has 0 aromatic heterocycles. The van der Waals surface area contributed by atoms with Gasteiger partial charge < -0.3 is 4.90 Å². The first-order chi connectivity index (χ1) is 10.0. The lowest BCUT2D eigenvalue weighted by atomic mass is 10.1. The highest BCUT2D eigenvalue weighted by molar-refractivity contribution is 7.89. The Balaban J connectivity index is 2.42. The van der Waals surface area contributed by atoms with Crippen LogP contribution < -0.4 is 10.0 Å². The number of halogens is 3. The van der Waals surface area contributed by atoms with Gasteiger partial charge in [-0.15, -0.1) is 0 Å². The first kappa shape index (κ1) is 16.3. The lowest BCUT2D eigenvalue weighted by Gasteiger charge is -2.19. The van der Waals surface area contributed by atoms with E-state index in [-0.39, 0.29) is 24.2 Å². The number of alkyl halides is 3. The van der Waals surface area contributed by atoms with Crippen molar-refractivity contribution in [2.24, 2.45) is 5.14 Å². The summed E-state index contributed by atoms with van der Waals surface area (Å²) >= 11 is 0. The van der Waals surface area contributed by atoms with Gasteiger partial charge in [-0.1, -0.05) is 0 Å². The molecule has 1 aromatic rings. The van der Waals surface area contributed by atoms with Crippen LogP contribution in [-0.2, 0) is 21.0 Å². The highest BCUT2D eigenvalue weighted by Crippen LogP contribution is 2.34. The predicted molar refractivity (Wildman–Crippen MR) is 70.0 cm³/mol. The summed E-state index contributed by atoms with van der Waals surface area (Å²) in [5.74, 6) is -0.615. The standard InChI is InChI=1S/C12H10F3N3O3S/c13-12(14,15)8-1-2-10(7(3-8)5-16)18-6-9(4-11(18)19)22(17,20)21/h1-3,9H,4,6H2,(H2,17,20,21). The summed E-state index contributed by atoms with van der Waals surface area (Å²) in [6, 6.07) is 3.91. The van der Waals surface area contributed by atoms with Gasteiger partial charge in [-0.25, -0.2) is 13.6 Å². The van der Waals surface area contributed by atoms with Gasteiger partial charge in [0.2, 0.25) is 15.9 Å². The number of benzene rings is 1. The monoisotopic (exact) mass is 333 g/mol. The Morgan fingerprint density at radius 3 is 2.45 bits per heavy atom. The number of amides is 1. The van der Waals surface area contributed by atoms with Crippen LogP contribution in [0.5, 0.6) is 0 Å². The second-order valence-electron chi connectivity index (χ2n) is 4.76. The predicted octanol–water partition coefficient (Wildman–Crippen LogP) is 0.971. The van der Waals surface area contributed by atoms with Crippen molar-refractivity contribution in [1.29, 1.82) is 5.26 Å². The number of sulfonamides is 1. The Hall–Kier alpha value is -2.12. The van der Waals surface area contributed by atoms with Crippen LogP contribution in [0.1, 0.15) is 17.5 Å². The number of nitriles is 1. The van der Waals surface area contributed by atoms with E-state index in [1.54, 1.807) is 6.07 Å². The molecule has 1 aromatic carbocycles. The molecule has 0 bridgehead atoms. The molecule has 0 saturated carbocycles. The normalized spacial score (nSPS) is 19.3. The quantitative estimate of drug-likeness (QED) is 0.870. The molecule has 1 aliphatic heterocycles. The van der Waals surface area contributed by atoms with Crippen molar-refractivity contribution in [2.75, 3.05) is 11.4 Å². The van der Waals surface area contributed by atoms with E-state index in [0.717, 1.165) is 17.0 Å². The van der Waals surface area contributed by atoms with Crippen LogP contribution >= 0.6 is 0 Å². The SMILES string of the molecule is N#Cc1cc(C(F)(F)F)ccc1N1CC(S(N)(=O)=O)CC1=O. The molecule has 10 heteroatoms. The van der Waals surface area contributed by atoms with Gasteiger partial charge in [0.25, 0.3) is 0 Å². The number of primary sulfonamides is 1. The Bertz CT molecular complexity index is 768. The van der Waals surface area contributed by atoms with Crippen molar-refractivity contribution >= 4 is 21.6 Å². The molecular formula is C12H10F3N3O3S. The maximum absolute atomic E-state index is 12.6. The number of nitrogens with two attached hydrogens (primary N) is 1. The average Bonchev–Trinajstić information content (AvgIpc) is 2.79. The van der Waals surface area contributed by atoms with E-state index in [4.69, 9.17) is 10.4 Å². The zero-order chi connectivity index (χ0) is 16.7. The fraction of sp³-hybridized carbons (Fsp3) is 0.333. The number of carbonyl (C=O) groups excluding carboxylic acids is 1. The molecular weight excluding hydrogens is 323 g/mol. The maximum Gasteiger partial charge on any atom is 0.416 e. The van der Waals surface area contributed by atoms with Crippen molar-refractivity contribution in [3.05, 3.63) is 29.3 Å². The molecule has 0 spiro atoms. The zero-order valence-electron chi connectivity index (χ0n) is 11.0. The third-order valence-corrected chi connectivity index (χ3v) is 4.53. The lowest BCUT2D eigenvalue weighted by molar-refractivity contribution is -0.137. The average molecular weight is 333 g/mol. The van der Waals surface area contributed by atoms with Crippen LogP contribution in [0.3, 0.4) is 0 Å². The third kappa shape index (κ3) is 3.05. The third-order valence-electron chi connectivity index (χ3n) is 3.29. The minimum Gasteiger partial charge on any atom is -0.310 e. The first-order valence-electron chi connectivity index (χ1n) is 5.97. The number of anilines is 1. The highest BCUT2D eigenvalue weighted by atomic mass is 32.2. The Morgan fingerprint density at radius 1 is 1.36 bits per heavy atom. The van der Waals surface area contributed by atoms with E-state index >= 15 is 0 Å². The lowest BCUT2D eigenvalue weighted by Crippen LogP contribution is -2.32. The molecule has 1 unspecified atom stereocenters. The van der Waals surface area contributed by atoms with Crippen LogP contribution in [0, 0.1) is 11.3 Å². The first-order valence-corrected chi connectivity index (χ1v) is 7.58. The smallest absolute Gasteiger partial charge is 0.310 e. The molecule has 2 rings (SSSR count). The number of hydrogen-bond donors (Lipinski definition) is 1. The van der Waals surface area contributed by atoms with Gasteiger partial charge in [0.05, 0.1) is 16.8 Å². The van der Waals surface area contributed by atoms with E-state index in [2.05, 4.69) is 0 Å². The summed E-state index contributed by atoms with van der Waals surface area (Å²) in [6.07, 6.45) is -4.99. The molecule has 6 nitrogen and oxygen atoms in total. The molecule has 118 valence electrons. The van der Waals surface area contributed by atoms with Gasteiger partial charge in [-0.3, -0.25) is 4.79 Å². The second-order valence-corrected chi connectivity index (χ2v) is 6.61. The molecule has 1 heterocycles. The largest absolute Gasteiger partial charge is 0.416 e. The Labute approximate surface area is 124 Å². The van der Waals surface area contributed by atoms with Gasteiger partial charge >= 0.3 is 6.18 Å². The number of hydrogen-bond acceptors (Lipinski definition) is 4. The molecule has 22 heavy (non-hydrogen) atoms. The van der Waals surface area contributed by atoms with Gasteiger partial charge in [0.1, 0.15) is 11.3 Å². The summed E-state index contributed by atoms with van der Waals surface area (Å²) in [4.78, 5) is 12.8. The molecule has 0 radical (unpaired) electrons. The molecule has 2 N–H and O–H groups in total. The van der Waals surface area contributed by atoms with Gasteiger partial charge in [0, 0.05) is 13.0 Å². The van der Waals surface area contributed by atoms with E-state index < -0.39 is 32.9 Å². The fourth-order valence-corrected chi connectivity index (χ4v) is 2.90. The summed E-state index contributed by atoms with van der Waals surface area (Å²) in [5, 5.41) is 12.8. The van der Waals surface area contributed by atoms with Crippen molar-refractivity contribution in [3.63, 3.8) is 0 Å². The van der Waals surface area contributed by atoms with Crippen LogP contribution in [-0.4, -0.2) is 26.1 Å². The molecule has 1 fully saturated rings. The van der Waals surface area contributed by atoms with Crippen LogP contribution in [0.25, 0.3) is 0 Å². The maximum atomic E-state index is 12.6. The summed E-state index contributed by atoms with van der Waals surface area (Å²) in [5.41, 5.74) is -1.45. The Morgan fingerprint density at radius 2 is 2.00 bits per heavy atom. The second kappa shape index (κ2) is 5.26. The number of nitrogens with zero attached hydrogens (tertiary/aromatic N) is 2. The minimum atomic E-state index is -4.62. The van der Waals surface area contributed by atoms with E-state index in [1.807, 2.05) is 0 Å². The fourth-order valence-electron chi connectivity index (χ4n) is 2.16. The van der Waals surface area contributed by atoms with Gasteiger partial charge in [0.15, 0.2) is 0 Å². The molecule has 1 atom stereocenters. The van der Waals surface area contributed by atoms with E-state index in [9.17, 15) is 26.4 Å². The molecule has 1 saturated heterocycles. The van der Waals surface area contributed by atoms with Crippen molar-refractivity contribution in [1.82, 2.24) is 0 Å². The van der Waals surface area contributed by atoms with E-state index in [0.29, 0.717) is 6.07 Å².